The first-order chi connectivity index (χ1) is 15.1. The van der Waals surface area contributed by atoms with Gasteiger partial charge in [-0.3, -0.25) is 19.3 Å². The van der Waals surface area contributed by atoms with Gasteiger partial charge < -0.3 is 5.32 Å². The number of likely N-dealkylation sites (tertiary alicyclic amines) is 1. The van der Waals surface area contributed by atoms with Crippen LogP contribution in [-0.2, 0) is 20.8 Å². The molecule has 1 saturated heterocycles. The lowest BCUT2D eigenvalue weighted by Crippen LogP contribution is -2.64. The van der Waals surface area contributed by atoms with Crippen LogP contribution in [0, 0.1) is 30.6 Å². The van der Waals surface area contributed by atoms with Crippen LogP contribution in [0.2, 0.25) is 0 Å². The number of piperidine rings is 1. The summed E-state index contributed by atoms with van der Waals surface area (Å²) in [4.78, 5) is 42.3. The summed E-state index contributed by atoms with van der Waals surface area (Å²) < 4.78 is 0. The van der Waals surface area contributed by atoms with Crippen LogP contribution in [0.15, 0.2) is 48.5 Å². The lowest BCUT2D eigenvalue weighted by molar-refractivity contribution is -0.172. The van der Waals surface area contributed by atoms with Crippen molar-refractivity contribution >= 4 is 23.4 Å². The average molecular weight is 433 g/mol. The highest BCUT2D eigenvalue weighted by Crippen LogP contribution is 2.60. The summed E-state index contributed by atoms with van der Waals surface area (Å²) in [6, 6.07) is 14.5. The van der Waals surface area contributed by atoms with E-state index >= 15 is 0 Å². The molecule has 3 unspecified atom stereocenters. The van der Waals surface area contributed by atoms with Gasteiger partial charge in [-0.25, -0.2) is 0 Å². The zero-order chi connectivity index (χ0) is 23.3. The van der Waals surface area contributed by atoms with Gasteiger partial charge in [0, 0.05) is 18.0 Å². The number of amides is 3. The molecule has 1 aliphatic carbocycles. The van der Waals surface area contributed by atoms with Crippen LogP contribution >= 0.6 is 0 Å². The van der Waals surface area contributed by atoms with E-state index in [4.69, 9.17) is 0 Å². The van der Waals surface area contributed by atoms with Gasteiger partial charge in [-0.1, -0.05) is 69.3 Å². The van der Waals surface area contributed by atoms with E-state index in [9.17, 15) is 14.4 Å². The lowest BCUT2D eigenvalue weighted by Gasteiger charge is -2.49. The van der Waals surface area contributed by atoms with Crippen molar-refractivity contribution in [3.8, 4) is 0 Å². The first-order valence-electron chi connectivity index (χ1n) is 11.4. The van der Waals surface area contributed by atoms with E-state index < -0.39 is 16.9 Å². The summed E-state index contributed by atoms with van der Waals surface area (Å²) in [5.74, 6) is -1.02. The number of nitrogens with one attached hydrogen (secondary N) is 1. The highest BCUT2D eigenvalue weighted by Gasteiger charge is 2.65. The fourth-order valence-corrected chi connectivity index (χ4v) is 5.50. The molecule has 2 aromatic carbocycles. The van der Waals surface area contributed by atoms with Crippen LogP contribution in [0.1, 0.15) is 50.3 Å². The van der Waals surface area contributed by atoms with Crippen LogP contribution in [0.5, 0.6) is 0 Å². The van der Waals surface area contributed by atoms with E-state index in [1.165, 1.54) is 4.90 Å². The van der Waals surface area contributed by atoms with Crippen molar-refractivity contribution in [3.63, 3.8) is 0 Å². The van der Waals surface area contributed by atoms with Gasteiger partial charge in [0.15, 0.2) is 0 Å². The Labute approximate surface area is 190 Å². The third-order valence-electron chi connectivity index (χ3n) is 8.07. The number of hydrogen-bond acceptors (Lipinski definition) is 3. The van der Waals surface area contributed by atoms with Gasteiger partial charge in [0.2, 0.25) is 17.7 Å². The summed E-state index contributed by atoms with van der Waals surface area (Å²) in [6.45, 7) is 9.87. The minimum absolute atomic E-state index is 0.215. The van der Waals surface area contributed by atoms with Gasteiger partial charge in [0.05, 0.1) is 5.41 Å². The van der Waals surface area contributed by atoms with Crippen LogP contribution in [-0.4, -0.2) is 28.7 Å². The Morgan fingerprint density at radius 3 is 2.28 bits per heavy atom. The van der Waals surface area contributed by atoms with E-state index in [-0.39, 0.29) is 30.1 Å². The van der Waals surface area contributed by atoms with E-state index in [1.807, 2.05) is 83.1 Å². The standard InChI is InChI=1S/C27H32N2O3/c1-17-10-9-11-18(2)22(17)28-23(30)21(16-19-12-7-6-8-13-19)29-24(31)20-14-15-27(5,25(29)32)26(20,3)4/h6-13,20-21H,14-16H2,1-5H3,(H,28,30). The average Bonchev–Trinajstić information content (AvgIpc) is 2.94. The molecule has 1 N–H and O–H groups in total. The largest absolute Gasteiger partial charge is 0.324 e. The molecule has 2 aliphatic rings. The summed E-state index contributed by atoms with van der Waals surface area (Å²) in [5.41, 5.74) is 2.47. The minimum atomic E-state index is -0.896. The van der Waals surface area contributed by atoms with Gasteiger partial charge in [0.1, 0.15) is 6.04 Å². The first kappa shape index (κ1) is 22.3. The lowest BCUT2D eigenvalue weighted by atomic mass is 9.62. The molecule has 2 bridgehead atoms. The van der Waals surface area contributed by atoms with Crippen molar-refractivity contribution in [2.75, 3.05) is 5.32 Å². The van der Waals surface area contributed by atoms with Crippen molar-refractivity contribution in [1.29, 1.82) is 0 Å². The molecule has 0 spiro atoms. The number of imide groups is 1. The van der Waals surface area contributed by atoms with Gasteiger partial charge in [0.25, 0.3) is 0 Å². The summed E-state index contributed by atoms with van der Waals surface area (Å²) in [5, 5.41) is 3.04. The maximum Gasteiger partial charge on any atom is 0.248 e. The molecular weight excluding hydrogens is 400 g/mol. The van der Waals surface area contributed by atoms with Crippen molar-refractivity contribution in [1.82, 2.24) is 4.90 Å². The molecule has 1 saturated carbocycles. The molecule has 1 aliphatic heterocycles. The molecule has 5 nitrogen and oxygen atoms in total. The zero-order valence-corrected chi connectivity index (χ0v) is 19.6. The van der Waals surface area contributed by atoms with E-state index in [0.29, 0.717) is 12.8 Å². The van der Waals surface area contributed by atoms with Crippen LogP contribution < -0.4 is 5.32 Å². The van der Waals surface area contributed by atoms with Gasteiger partial charge in [-0.2, -0.15) is 0 Å². The maximum atomic E-state index is 13.8. The number of rotatable bonds is 5. The molecule has 2 fully saturated rings. The number of para-hydroxylation sites is 1. The first-order valence-corrected chi connectivity index (χ1v) is 11.4. The number of hydrogen-bond donors (Lipinski definition) is 1. The number of fused-ring (bicyclic) bond motifs is 2. The predicted octanol–water partition coefficient (Wildman–Crippen LogP) is 4.66. The maximum absolute atomic E-state index is 13.8. The Morgan fingerprint density at radius 1 is 1.03 bits per heavy atom. The highest BCUT2D eigenvalue weighted by atomic mass is 16.2. The quantitative estimate of drug-likeness (QED) is 0.699. The topological polar surface area (TPSA) is 66.5 Å². The molecule has 32 heavy (non-hydrogen) atoms. The number of carbonyl (C=O) groups excluding carboxylic acids is 3. The Bertz CT molecular complexity index is 1060. The molecule has 168 valence electrons. The van der Waals surface area contributed by atoms with Gasteiger partial charge >= 0.3 is 0 Å². The Balaban J connectivity index is 1.74. The predicted molar refractivity (Wildman–Crippen MR) is 125 cm³/mol. The Kier molecular flexibility index (Phi) is 5.48. The summed E-state index contributed by atoms with van der Waals surface area (Å²) in [7, 11) is 0. The summed E-state index contributed by atoms with van der Waals surface area (Å²) >= 11 is 0. The SMILES string of the molecule is Cc1cccc(C)c1NC(=O)C(Cc1ccccc1)N1C(=O)C2CCC(C)(C1=O)C2(C)C. The van der Waals surface area contributed by atoms with Crippen molar-refractivity contribution in [2.24, 2.45) is 16.7 Å². The third-order valence-corrected chi connectivity index (χ3v) is 8.07. The molecule has 5 heteroatoms. The monoisotopic (exact) mass is 432 g/mol. The number of benzene rings is 2. The number of carbonyl (C=O) groups is 3. The molecule has 0 radical (unpaired) electrons. The van der Waals surface area contributed by atoms with Crippen LogP contribution in [0.25, 0.3) is 0 Å². The van der Waals surface area contributed by atoms with Crippen molar-refractivity contribution in [2.45, 2.75) is 59.9 Å². The highest BCUT2D eigenvalue weighted by molar-refractivity contribution is 6.09. The second-order valence-electron chi connectivity index (χ2n) is 10.1. The molecule has 3 amide bonds. The molecule has 0 aromatic heterocycles. The summed E-state index contributed by atoms with van der Waals surface area (Å²) in [6.07, 6.45) is 1.64. The van der Waals surface area contributed by atoms with Gasteiger partial charge in [-0.05, 0) is 48.8 Å². The molecule has 2 aromatic rings. The van der Waals surface area contributed by atoms with Crippen LogP contribution in [0.4, 0.5) is 5.69 Å². The second-order valence-corrected chi connectivity index (χ2v) is 10.1. The van der Waals surface area contributed by atoms with E-state index in [1.54, 1.807) is 0 Å². The van der Waals surface area contributed by atoms with Crippen molar-refractivity contribution < 1.29 is 14.4 Å². The fourth-order valence-electron chi connectivity index (χ4n) is 5.50. The number of aryl methyl sites for hydroxylation is 2. The van der Waals surface area contributed by atoms with E-state index in [0.717, 1.165) is 22.4 Å². The molecule has 3 atom stereocenters. The normalized spacial score (nSPS) is 25.0. The zero-order valence-electron chi connectivity index (χ0n) is 19.6. The number of nitrogens with zero attached hydrogens (tertiary/aromatic N) is 1. The smallest absolute Gasteiger partial charge is 0.248 e. The fraction of sp³-hybridized carbons (Fsp3) is 0.444. The second kappa shape index (κ2) is 7.88. The third kappa shape index (κ3) is 3.35. The minimum Gasteiger partial charge on any atom is -0.324 e. The number of anilines is 1. The Hall–Kier alpha value is -2.95. The van der Waals surface area contributed by atoms with Crippen LogP contribution in [0.3, 0.4) is 0 Å². The van der Waals surface area contributed by atoms with Gasteiger partial charge in [-0.15, -0.1) is 0 Å². The van der Waals surface area contributed by atoms with Crippen molar-refractivity contribution in [3.05, 3.63) is 65.2 Å². The van der Waals surface area contributed by atoms with E-state index in [2.05, 4.69) is 5.32 Å². The molecule has 4 rings (SSSR count). The Morgan fingerprint density at radius 2 is 1.66 bits per heavy atom. The molecular formula is C27H32N2O3. The molecule has 1 heterocycles.